The number of likely N-dealkylation sites (N-methyl/N-ethyl adjacent to an activating group) is 1. The highest BCUT2D eigenvalue weighted by Gasteiger charge is 2.07. The van der Waals surface area contributed by atoms with E-state index in [1.807, 2.05) is 37.4 Å². The Morgan fingerprint density at radius 2 is 2.12 bits per heavy atom. The van der Waals surface area contributed by atoms with E-state index >= 15 is 0 Å². The fourth-order valence-corrected chi connectivity index (χ4v) is 2.57. The zero-order valence-electron chi connectivity index (χ0n) is 10.2. The number of carbonyl (C=O) groups excluding carboxylic acids is 1. The first-order valence-electron chi connectivity index (χ1n) is 5.57. The Labute approximate surface area is 111 Å². The molecule has 0 aliphatic rings. The van der Waals surface area contributed by atoms with Gasteiger partial charge in [0.15, 0.2) is 0 Å². The van der Waals surface area contributed by atoms with Crippen LogP contribution in [-0.4, -0.2) is 13.0 Å². The number of halogens is 1. The summed E-state index contributed by atoms with van der Waals surface area (Å²) in [6, 6.07) is 5.76. The lowest BCUT2D eigenvalue weighted by molar-refractivity contribution is -0.119. The van der Waals surface area contributed by atoms with Crippen molar-refractivity contribution in [3.8, 4) is 0 Å². The maximum absolute atomic E-state index is 11.3. The summed E-state index contributed by atoms with van der Waals surface area (Å²) in [7, 11) is 1.64. The topological polar surface area (TPSA) is 29.1 Å². The van der Waals surface area contributed by atoms with Crippen LogP contribution < -0.4 is 5.32 Å². The number of benzene rings is 1. The molecule has 2 rings (SSSR count). The van der Waals surface area contributed by atoms with E-state index in [4.69, 9.17) is 11.6 Å². The lowest BCUT2D eigenvalue weighted by Crippen LogP contribution is -2.19. The summed E-state index contributed by atoms with van der Waals surface area (Å²) in [6.45, 7) is 4.00. The van der Waals surface area contributed by atoms with Crippen LogP contribution in [0.3, 0.4) is 0 Å². The third-order valence-electron chi connectivity index (χ3n) is 2.25. The standard InChI is InChI=1S/C11H10ClNOS.C2H6/c1-13-11(14)4-7-6-15-10-3-2-8(12)5-9(7)10;1-2/h2-3,5-6H,4H2,1H3,(H,13,14);1-2H3. The Bertz CT molecular complexity index is 507. The van der Waals surface area contributed by atoms with E-state index < -0.39 is 0 Å². The number of hydrogen-bond donors (Lipinski definition) is 1. The molecule has 0 aliphatic carbocycles. The molecule has 0 bridgehead atoms. The van der Waals surface area contributed by atoms with Crippen molar-refractivity contribution in [3.63, 3.8) is 0 Å². The first-order valence-corrected chi connectivity index (χ1v) is 6.82. The molecule has 17 heavy (non-hydrogen) atoms. The summed E-state index contributed by atoms with van der Waals surface area (Å²) in [4.78, 5) is 11.3. The molecule has 0 saturated heterocycles. The van der Waals surface area contributed by atoms with Crippen LogP contribution in [0.5, 0.6) is 0 Å². The molecule has 1 aromatic carbocycles. The molecule has 0 atom stereocenters. The molecule has 1 heterocycles. The molecular formula is C13H16ClNOS. The Morgan fingerprint density at radius 1 is 1.41 bits per heavy atom. The minimum absolute atomic E-state index is 0.0228. The van der Waals surface area contributed by atoms with Crippen LogP contribution in [0.1, 0.15) is 19.4 Å². The van der Waals surface area contributed by atoms with Crippen molar-refractivity contribution < 1.29 is 4.79 Å². The first kappa shape index (κ1) is 14.0. The van der Waals surface area contributed by atoms with Crippen LogP contribution in [0.25, 0.3) is 10.1 Å². The van der Waals surface area contributed by atoms with Gasteiger partial charge in [0.1, 0.15) is 0 Å². The van der Waals surface area contributed by atoms with E-state index in [0.29, 0.717) is 11.4 Å². The summed E-state index contributed by atoms with van der Waals surface area (Å²) in [5.41, 5.74) is 1.04. The monoisotopic (exact) mass is 269 g/mol. The normalized spacial score (nSPS) is 9.65. The van der Waals surface area contributed by atoms with Gasteiger partial charge in [0.05, 0.1) is 6.42 Å². The van der Waals surface area contributed by atoms with Gasteiger partial charge in [-0.3, -0.25) is 4.79 Å². The third-order valence-corrected chi connectivity index (χ3v) is 3.49. The Morgan fingerprint density at radius 3 is 2.76 bits per heavy atom. The number of hydrogen-bond acceptors (Lipinski definition) is 2. The van der Waals surface area contributed by atoms with Crippen molar-refractivity contribution in [1.29, 1.82) is 0 Å². The van der Waals surface area contributed by atoms with Crippen molar-refractivity contribution in [2.45, 2.75) is 20.3 Å². The van der Waals surface area contributed by atoms with Gasteiger partial charge in [-0.15, -0.1) is 11.3 Å². The van der Waals surface area contributed by atoms with Gasteiger partial charge in [-0.05, 0) is 34.5 Å². The zero-order chi connectivity index (χ0) is 12.8. The summed E-state index contributed by atoms with van der Waals surface area (Å²) < 4.78 is 1.17. The van der Waals surface area contributed by atoms with Gasteiger partial charge in [0.25, 0.3) is 0 Å². The molecule has 2 aromatic rings. The minimum Gasteiger partial charge on any atom is -0.359 e. The Hall–Kier alpha value is -1.06. The molecule has 1 aromatic heterocycles. The molecule has 0 spiro atoms. The predicted molar refractivity (Wildman–Crippen MR) is 76.0 cm³/mol. The van der Waals surface area contributed by atoms with Crippen molar-refractivity contribution in [1.82, 2.24) is 5.32 Å². The van der Waals surface area contributed by atoms with Crippen molar-refractivity contribution >= 4 is 38.9 Å². The number of thiophene rings is 1. The second-order valence-electron chi connectivity index (χ2n) is 3.25. The molecule has 4 heteroatoms. The number of rotatable bonds is 2. The zero-order valence-corrected chi connectivity index (χ0v) is 11.8. The maximum Gasteiger partial charge on any atom is 0.224 e. The van der Waals surface area contributed by atoms with Crippen molar-refractivity contribution in [2.24, 2.45) is 0 Å². The van der Waals surface area contributed by atoms with Crippen molar-refractivity contribution in [3.05, 3.63) is 34.2 Å². The maximum atomic E-state index is 11.3. The van der Waals surface area contributed by atoms with Crippen molar-refractivity contribution in [2.75, 3.05) is 7.05 Å². The quantitative estimate of drug-likeness (QED) is 0.881. The molecule has 1 amide bonds. The minimum atomic E-state index is 0.0228. The number of amides is 1. The van der Waals surface area contributed by atoms with E-state index in [0.717, 1.165) is 10.9 Å². The second-order valence-corrected chi connectivity index (χ2v) is 4.60. The Balaban J connectivity index is 0.000000686. The molecule has 92 valence electrons. The highest BCUT2D eigenvalue weighted by atomic mass is 35.5. The summed E-state index contributed by atoms with van der Waals surface area (Å²) >= 11 is 7.56. The Kier molecular flexibility index (Phi) is 5.45. The largest absolute Gasteiger partial charge is 0.359 e. The predicted octanol–water partition coefficient (Wildman–Crippen LogP) is 3.87. The van der Waals surface area contributed by atoms with Gasteiger partial charge in [-0.1, -0.05) is 25.4 Å². The average Bonchev–Trinajstić information content (AvgIpc) is 2.74. The number of carbonyl (C=O) groups is 1. The smallest absolute Gasteiger partial charge is 0.224 e. The molecule has 2 nitrogen and oxygen atoms in total. The van der Waals surface area contributed by atoms with Gasteiger partial charge in [0, 0.05) is 16.8 Å². The molecule has 0 fully saturated rings. The van der Waals surface area contributed by atoms with E-state index in [1.165, 1.54) is 4.70 Å². The van der Waals surface area contributed by atoms with Gasteiger partial charge in [0.2, 0.25) is 5.91 Å². The first-order chi connectivity index (χ1) is 8.20. The molecule has 1 N–H and O–H groups in total. The van der Waals surface area contributed by atoms with Crippen LogP contribution in [0, 0.1) is 0 Å². The van der Waals surface area contributed by atoms with Crippen LogP contribution in [0.4, 0.5) is 0 Å². The van der Waals surface area contributed by atoms with Gasteiger partial charge >= 0.3 is 0 Å². The highest BCUT2D eigenvalue weighted by Crippen LogP contribution is 2.28. The lowest BCUT2D eigenvalue weighted by Gasteiger charge is -1.98. The van der Waals surface area contributed by atoms with E-state index in [2.05, 4.69) is 5.32 Å². The summed E-state index contributed by atoms with van der Waals surface area (Å²) in [5, 5.41) is 6.41. The van der Waals surface area contributed by atoms with Gasteiger partial charge in [-0.2, -0.15) is 0 Å². The van der Waals surface area contributed by atoms with E-state index in [9.17, 15) is 4.79 Å². The second kappa shape index (κ2) is 6.62. The summed E-state index contributed by atoms with van der Waals surface area (Å²) in [6.07, 6.45) is 0.414. The van der Waals surface area contributed by atoms with Crippen LogP contribution in [0.2, 0.25) is 5.02 Å². The van der Waals surface area contributed by atoms with E-state index in [-0.39, 0.29) is 5.91 Å². The van der Waals surface area contributed by atoms with Gasteiger partial charge < -0.3 is 5.32 Å². The SMILES string of the molecule is CC.CNC(=O)Cc1csc2ccc(Cl)cc12. The van der Waals surface area contributed by atoms with Crippen LogP contribution >= 0.6 is 22.9 Å². The average molecular weight is 270 g/mol. The third kappa shape index (κ3) is 3.45. The number of nitrogens with one attached hydrogen (secondary N) is 1. The summed E-state index contributed by atoms with van der Waals surface area (Å²) in [5.74, 6) is 0.0228. The molecule has 0 radical (unpaired) electrons. The molecular weight excluding hydrogens is 254 g/mol. The fourth-order valence-electron chi connectivity index (χ4n) is 1.45. The lowest BCUT2D eigenvalue weighted by atomic mass is 10.1. The molecule has 0 aliphatic heterocycles. The highest BCUT2D eigenvalue weighted by molar-refractivity contribution is 7.17. The van der Waals surface area contributed by atoms with Gasteiger partial charge in [-0.25, -0.2) is 0 Å². The van der Waals surface area contributed by atoms with Crippen LogP contribution in [-0.2, 0) is 11.2 Å². The van der Waals surface area contributed by atoms with Crippen LogP contribution in [0.15, 0.2) is 23.6 Å². The molecule has 0 saturated carbocycles. The number of fused-ring (bicyclic) bond motifs is 1. The van der Waals surface area contributed by atoms with E-state index in [1.54, 1.807) is 18.4 Å². The molecule has 0 unspecified atom stereocenters. The fraction of sp³-hybridized carbons (Fsp3) is 0.308.